The van der Waals surface area contributed by atoms with Crippen molar-refractivity contribution < 1.29 is 5.21 Å². The summed E-state index contributed by atoms with van der Waals surface area (Å²) in [5, 5.41) is 11.4. The van der Waals surface area contributed by atoms with Crippen LogP contribution in [-0.2, 0) is 0 Å². The first-order chi connectivity index (χ1) is 5.65. The van der Waals surface area contributed by atoms with E-state index >= 15 is 0 Å². The number of benzene rings is 1. The van der Waals surface area contributed by atoms with Gasteiger partial charge >= 0.3 is 0 Å². The maximum atomic E-state index is 8.42. The van der Waals surface area contributed by atoms with Crippen molar-refractivity contribution in [1.82, 2.24) is 0 Å². The van der Waals surface area contributed by atoms with Gasteiger partial charge in [-0.15, -0.1) is 0 Å². The van der Waals surface area contributed by atoms with Crippen molar-refractivity contribution >= 4 is 32.7 Å². The monoisotopic (exact) mass is 247 g/mol. The lowest BCUT2D eigenvalue weighted by atomic mass is 10.2. The van der Waals surface area contributed by atoms with Gasteiger partial charge in [-0.1, -0.05) is 44.8 Å². The molecule has 1 N–H and O–H groups in total. The normalized spacial score (nSPS) is 11.8. The Morgan fingerprint density at radius 2 is 2.25 bits per heavy atom. The van der Waals surface area contributed by atoms with Gasteiger partial charge in [0.1, 0.15) is 0 Å². The van der Waals surface area contributed by atoms with Gasteiger partial charge in [-0.2, -0.15) is 0 Å². The Balaban J connectivity index is 3.18. The predicted molar refractivity (Wildman–Crippen MR) is 53.1 cm³/mol. The molecule has 0 fully saturated rings. The van der Waals surface area contributed by atoms with E-state index in [-0.39, 0.29) is 5.17 Å². The van der Waals surface area contributed by atoms with Crippen molar-refractivity contribution in [3.63, 3.8) is 0 Å². The quantitative estimate of drug-likeness (QED) is 0.462. The van der Waals surface area contributed by atoms with Crippen LogP contribution >= 0.6 is 27.5 Å². The zero-order chi connectivity index (χ0) is 9.14. The summed E-state index contributed by atoms with van der Waals surface area (Å²) in [6.07, 6.45) is 0. The molecule has 0 saturated heterocycles. The Morgan fingerprint density at radius 3 is 2.75 bits per heavy atom. The van der Waals surface area contributed by atoms with Gasteiger partial charge in [0.15, 0.2) is 5.17 Å². The molecule has 0 aliphatic heterocycles. The lowest BCUT2D eigenvalue weighted by Gasteiger charge is -2.00. The molecular formula is C8H7BrClNO. The van der Waals surface area contributed by atoms with Crippen LogP contribution in [0.1, 0.15) is 11.1 Å². The Labute approximate surface area is 84.0 Å². The van der Waals surface area contributed by atoms with Crippen LogP contribution < -0.4 is 0 Å². The average Bonchev–Trinajstić information content (AvgIpc) is 2.03. The van der Waals surface area contributed by atoms with E-state index in [9.17, 15) is 0 Å². The zero-order valence-corrected chi connectivity index (χ0v) is 8.72. The van der Waals surface area contributed by atoms with Crippen molar-refractivity contribution in [2.24, 2.45) is 5.16 Å². The van der Waals surface area contributed by atoms with Crippen LogP contribution in [0.25, 0.3) is 0 Å². The molecule has 1 aromatic carbocycles. The third kappa shape index (κ3) is 1.99. The third-order valence-electron chi connectivity index (χ3n) is 1.43. The number of rotatable bonds is 1. The molecule has 64 valence electrons. The number of halogens is 2. The van der Waals surface area contributed by atoms with E-state index in [1.807, 2.05) is 19.1 Å². The first kappa shape index (κ1) is 9.55. The summed E-state index contributed by atoms with van der Waals surface area (Å²) < 4.78 is 0.824. The van der Waals surface area contributed by atoms with Gasteiger partial charge in [0, 0.05) is 10.0 Å². The molecule has 0 aliphatic carbocycles. The lowest BCUT2D eigenvalue weighted by molar-refractivity contribution is 0.321. The fourth-order valence-electron chi connectivity index (χ4n) is 0.841. The van der Waals surface area contributed by atoms with Gasteiger partial charge in [-0.05, 0) is 18.6 Å². The Bertz CT molecular complexity index is 325. The number of hydrogen-bond donors (Lipinski definition) is 1. The highest BCUT2D eigenvalue weighted by atomic mass is 79.9. The minimum atomic E-state index is 0.0851. The van der Waals surface area contributed by atoms with Crippen LogP contribution in [0.4, 0.5) is 0 Å². The van der Waals surface area contributed by atoms with Crippen LogP contribution in [0, 0.1) is 6.92 Å². The maximum absolute atomic E-state index is 8.42. The molecule has 0 amide bonds. The minimum Gasteiger partial charge on any atom is -0.410 e. The van der Waals surface area contributed by atoms with Gasteiger partial charge in [-0.25, -0.2) is 0 Å². The van der Waals surface area contributed by atoms with Gasteiger partial charge in [0.2, 0.25) is 0 Å². The molecule has 0 saturated carbocycles. The summed E-state index contributed by atoms with van der Waals surface area (Å²) >= 11 is 8.93. The number of oxime groups is 1. The van der Waals surface area contributed by atoms with Crippen LogP contribution in [0.15, 0.2) is 27.8 Å². The van der Waals surface area contributed by atoms with Crippen molar-refractivity contribution in [3.05, 3.63) is 33.8 Å². The van der Waals surface area contributed by atoms with Gasteiger partial charge in [0.25, 0.3) is 0 Å². The summed E-state index contributed by atoms with van der Waals surface area (Å²) in [6, 6.07) is 5.60. The average molecular weight is 249 g/mol. The predicted octanol–water partition coefficient (Wildman–Crippen LogP) is 3.13. The summed E-state index contributed by atoms with van der Waals surface area (Å²) in [4.78, 5) is 0. The molecule has 0 radical (unpaired) electrons. The standard InChI is InChI=1S/C8H7BrClNO/c1-5-2-3-6(7(9)4-5)8(10)11-12/h2-4,12H,1H3/b11-8-. The highest BCUT2D eigenvalue weighted by Gasteiger charge is 2.04. The number of hydrogen-bond acceptors (Lipinski definition) is 2. The van der Waals surface area contributed by atoms with Crippen molar-refractivity contribution in [1.29, 1.82) is 0 Å². The van der Waals surface area contributed by atoms with Crippen molar-refractivity contribution in [2.75, 3.05) is 0 Å². The van der Waals surface area contributed by atoms with Gasteiger partial charge < -0.3 is 5.21 Å². The van der Waals surface area contributed by atoms with E-state index in [1.54, 1.807) is 6.07 Å². The molecule has 0 unspecified atom stereocenters. The molecule has 0 aromatic heterocycles. The number of nitrogens with zero attached hydrogens (tertiary/aromatic N) is 1. The van der Waals surface area contributed by atoms with Crippen LogP contribution in [0.3, 0.4) is 0 Å². The zero-order valence-electron chi connectivity index (χ0n) is 6.38. The largest absolute Gasteiger partial charge is 0.410 e. The molecule has 0 bridgehead atoms. The Morgan fingerprint density at radius 1 is 1.58 bits per heavy atom. The SMILES string of the molecule is Cc1ccc(/C(Cl)=N/O)c(Br)c1. The van der Waals surface area contributed by atoms with Gasteiger partial charge in [0.05, 0.1) is 0 Å². The fourth-order valence-corrected chi connectivity index (χ4v) is 1.80. The second-order valence-electron chi connectivity index (χ2n) is 2.37. The van der Waals surface area contributed by atoms with Crippen LogP contribution in [-0.4, -0.2) is 10.4 Å². The van der Waals surface area contributed by atoms with E-state index in [2.05, 4.69) is 21.1 Å². The fraction of sp³-hybridized carbons (Fsp3) is 0.125. The molecule has 0 spiro atoms. The topological polar surface area (TPSA) is 32.6 Å². The second kappa shape index (κ2) is 3.92. The molecule has 2 nitrogen and oxygen atoms in total. The van der Waals surface area contributed by atoms with Crippen LogP contribution in [0.5, 0.6) is 0 Å². The highest BCUT2D eigenvalue weighted by Crippen LogP contribution is 2.20. The van der Waals surface area contributed by atoms with E-state index in [1.165, 1.54) is 0 Å². The number of aryl methyl sites for hydroxylation is 1. The molecule has 12 heavy (non-hydrogen) atoms. The summed E-state index contributed by atoms with van der Waals surface area (Å²) in [6.45, 7) is 1.97. The first-order valence-corrected chi connectivity index (χ1v) is 4.46. The molecule has 4 heteroatoms. The molecule has 1 rings (SSSR count). The summed E-state index contributed by atoms with van der Waals surface area (Å²) in [5.41, 5.74) is 1.80. The van der Waals surface area contributed by atoms with Crippen molar-refractivity contribution in [3.8, 4) is 0 Å². The highest BCUT2D eigenvalue weighted by molar-refractivity contribution is 9.10. The minimum absolute atomic E-state index is 0.0851. The Hall–Kier alpha value is -0.540. The van der Waals surface area contributed by atoms with Crippen molar-refractivity contribution in [2.45, 2.75) is 6.92 Å². The third-order valence-corrected chi connectivity index (χ3v) is 2.37. The Kier molecular flexibility index (Phi) is 3.12. The molecule has 1 aromatic rings. The van der Waals surface area contributed by atoms with E-state index < -0.39 is 0 Å². The smallest absolute Gasteiger partial charge is 0.176 e. The van der Waals surface area contributed by atoms with Gasteiger partial charge in [-0.3, -0.25) is 0 Å². The molecular weight excluding hydrogens is 241 g/mol. The molecule has 0 heterocycles. The summed E-state index contributed by atoms with van der Waals surface area (Å²) in [7, 11) is 0. The first-order valence-electron chi connectivity index (χ1n) is 3.29. The van der Waals surface area contributed by atoms with E-state index in [0.717, 1.165) is 10.0 Å². The van der Waals surface area contributed by atoms with E-state index in [0.29, 0.717) is 5.56 Å². The maximum Gasteiger partial charge on any atom is 0.176 e. The van der Waals surface area contributed by atoms with Crippen LogP contribution in [0.2, 0.25) is 0 Å². The molecule has 0 aliphatic rings. The van der Waals surface area contributed by atoms with E-state index in [4.69, 9.17) is 16.8 Å². The molecule has 0 atom stereocenters. The summed E-state index contributed by atoms with van der Waals surface area (Å²) in [5.74, 6) is 0. The second-order valence-corrected chi connectivity index (χ2v) is 3.59. The lowest BCUT2D eigenvalue weighted by Crippen LogP contribution is -1.92.